The maximum absolute atomic E-state index is 5.44. The number of rotatable bonds is 7. The summed E-state index contributed by atoms with van der Waals surface area (Å²) in [7, 11) is 3.89. The van der Waals surface area contributed by atoms with Crippen molar-refractivity contribution in [2.75, 3.05) is 46.9 Å². The number of nitrogens with zero attached hydrogens (tertiary/aromatic N) is 2. The zero-order chi connectivity index (χ0) is 13.9. The van der Waals surface area contributed by atoms with E-state index in [9.17, 15) is 0 Å². The van der Waals surface area contributed by atoms with Gasteiger partial charge >= 0.3 is 0 Å². The zero-order valence-electron chi connectivity index (χ0n) is 12.3. The van der Waals surface area contributed by atoms with Gasteiger partial charge < -0.3 is 15.0 Å². The number of guanidine groups is 1. The molecule has 0 unspecified atom stereocenters. The molecule has 1 aliphatic heterocycles. The fraction of sp³-hybridized carbons (Fsp3) is 0.923. The number of methoxy groups -OCH3 is 1. The highest BCUT2D eigenvalue weighted by Crippen LogP contribution is 2.18. The van der Waals surface area contributed by atoms with E-state index in [0.29, 0.717) is 5.96 Å². The minimum absolute atomic E-state index is 0.684. The van der Waals surface area contributed by atoms with E-state index in [1.165, 1.54) is 32.4 Å². The molecule has 0 aromatic heterocycles. The average Bonchev–Trinajstić information content (AvgIpc) is 2.43. The third-order valence-electron chi connectivity index (χ3n) is 3.60. The molecule has 1 fully saturated rings. The van der Waals surface area contributed by atoms with E-state index in [0.717, 1.165) is 32.0 Å². The second-order valence-electron chi connectivity index (χ2n) is 5.18. The molecule has 0 bridgehead atoms. The van der Waals surface area contributed by atoms with Crippen molar-refractivity contribution in [3.63, 3.8) is 0 Å². The van der Waals surface area contributed by atoms with Gasteiger partial charge in [0.25, 0.3) is 0 Å². The van der Waals surface area contributed by atoms with Gasteiger partial charge in [-0.15, -0.1) is 0 Å². The van der Waals surface area contributed by atoms with E-state index in [-0.39, 0.29) is 0 Å². The molecule has 0 saturated carbocycles. The van der Waals surface area contributed by atoms with Gasteiger partial charge in [-0.25, -0.2) is 5.84 Å². The van der Waals surface area contributed by atoms with Crippen LogP contribution in [-0.4, -0.2) is 57.8 Å². The number of ether oxygens (including phenoxy) is 1. The molecule has 19 heavy (non-hydrogen) atoms. The third kappa shape index (κ3) is 7.34. The highest BCUT2D eigenvalue weighted by atomic mass is 16.5. The van der Waals surface area contributed by atoms with E-state index < -0.39 is 0 Å². The molecule has 1 heterocycles. The molecular formula is C13H29N5O. The summed E-state index contributed by atoms with van der Waals surface area (Å²) >= 11 is 0. The van der Waals surface area contributed by atoms with Gasteiger partial charge in [0.05, 0.1) is 0 Å². The monoisotopic (exact) mass is 271 g/mol. The van der Waals surface area contributed by atoms with E-state index in [1.54, 1.807) is 7.11 Å². The predicted molar refractivity (Wildman–Crippen MR) is 79.0 cm³/mol. The first-order chi connectivity index (χ1) is 9.26. The second kappa shape index (κ2) is 10.00. The van der Waals surface area contributed by atoms with Gasteiger partial charge in [0.2, 0.25) is 5.96 Å². The van der Waals surface area contributed by atoms with E-state index in [4.69, 9.17) is 10.6 Å². The van der Waals surface area contributed by atoms with Crippen LogP contribution in [0.2, 0.25) is 0 Å². The smallest absolute Gasteiger partial charge is 0.205 e. The quantitative estimate of drug-likeness (QED) is 0.202. The fourth-order valence-electron chi connectivity index (χ4n) is 2.30. The molecule has 0 radical (unpaired) electrons. The Labute approximate surface area is 116 Å². The summed E-state index contributed by atoms with van der Waals surface area (Å²) in [6.45, 7) is 4.84. The molecule has 0 spiro atoms. The second-order valence-corrected chi connectivity index (χ2v) is 5.18. The molecule has 1 saturated heterocycles. The summed E-state index contributed by atoms with van der Waals surface area (Å²) in [6, 6.07) is 0. The van der Waals surface area contributed by atoms with Gasteiger partial charge in [-0.05, 0) is 51.7 Å². The van der Waals surface area contributed by atoms with Gasteiger partial charge in [-0.2, -0.15) is 0 Å². The lowest BCUT2D eigenvalue weighted by atomic mass is 9.94. The van der Waals surface area contributed by atoms with Crippen molar-refractivity contribution in [2.45, 2.75) is 25.7 Å². The van der Waals surface area contributed by atoms with Crippen LogP contribution in [0.5, 0.6) is 0 Å². The van der Waals surface area contributed by atoms with Gasteiger partial charge in [0.15, 0.2) is 0 Å². The van der Waals surface area contributed by atoms with Crippen molar-refractivity contribution in [1.29, 1.82) is 0 Å². The number of piperidine rings is 1. The molecular weight excluding hydrogens is 242 g/mol. The summed E-state index contributed by atoms with van der Waals surface area (Å²) in [6.07, 6.45) is 4.70. The molecule has 6 heteroatoms. The van der Waals surface area contributed by atoms with Gasteiger partial charge in [-0.1, -0.05) is 0 Å². The summed E-state index contributed by atoms with van der Waals surface area (Å²) in [5.74, 6) is 6.96. The van der Waals surface area contributed by atoms with Gasteiger partial charge in [-0.3, -0.25) is 10.4 Å². The van der Waals surface area contributed by atoms with E-state index in [2.05, 4.69) is 27.7 Å². The lowest BCUT2D eigenvalue weighted by Crippen LogP contribution is -2.42. The SMILES string of the molecule is COCCCN=C(NN)NCCC1CCN(C)CC1. The van der Waals surface area contributed by atoms with Crippen molar-refractivity contribution in [1.82, 2.24) is 15.6 Å². The molecule has 0 aromatic rings. The first kappa shape index (κ1) is 16.2. The zero-order valence-corrected chi connectivity index (χ0v) is 12.3. The lowest BCUT2D eigenvalue weighted by Gasteiger charge is -2.29. The highest BCUT2D eigenvalue weighted by Gasteiger charge is 2.15. The van der Waals surface area contributed by atoms with Gasteiger partial charge in [0, 0.05) is 26.8 Å². The molecule has 0 aromatic carbocycles. The Morgan fingerprint density at radius 2 is 2.16 bits per heavy atom. The van der Waals surface area contributed by atoms with Crippen LogP contribution in [0.1, 0.15) is 25.7 Å². The van der Waals surface area contributed by atoms with Crippen molar-refractivity contribution in [3.05, 3.63) is 0 Å². The Morgan fingerprint density at radius 3 is 2.79 bits per heavy atom. The Balaban J connectivity index is 2.11. The summed E-state index contributed by atoms with van der Waals surface area (Å²) in [4.78, 5) is 6.75. The van der Waals surface area contributed by atoms with Crippen LogP contribution < -0.4 is 16.6 Å². The number of hydrazine groups is 1. The molecule has 112 valence electrons. The number of hydrogen-bond acceptors (Lipinski definition) is 4. The highest BCUT2D eigenvalue weighted by molar-refractivity contribution is 5.79. The van der Waals surface area contributed by atoms with Crippen LogP contribution in [0.25, 0.3) is 0 Å². The van der Waals surface area contributed by atoms with Crippen LogP contribution in [0, 0.1) is 5.92 Å². The largest absolute Gasteiger partial charge is 0.385 e. The molecule has 0 amide bonds. The van der Waals surface area contributed by atoms with Crippen LogP contribution in [-0.2, 0) is 4.74 Å². The summed E-state index contributed by atoms with van der Waals surface area (Å²) in [5, 5.41) is 3.26. The first-order valence-electron chi connectivity index (χ1n) is 7.18. The lowest BCUT2D eigenvalue weighted by molar-refractivity contribution is 0.197. The molecule has 0 aliphatic carbocycles. The van der Waals surface area contributed by atoms with Crippen LogP contribution >= 0.6 is 0 Å². The number of aliphatic imine (C=N–C) groups is 1. The first-order valence-corrected chi connectivity index (χ1v) is 7.18. The Kier molecular flexibility index (Phi) is 8.53. The molecule has 6 nitrogen and oxygen atoms in total. The minimum Gasteiger partial charge on any atom is -0.385 e. The molecule has 0 atom stereocenters. The molecule has 4 N–H and O–H groups in total. The Bertz CT molecular complexity index is 251. The topological polar surface area (TPSA) is 74.9 Å². The number of nitrogens with two attached hydrogens (primary N) is 1. The maximum atomic E-state index is 5.44. The third-order valence-corrected chi connectivity index (χ3v) is 3.60. The van der Waals surface area contributed by atoms with Crippen molar-refractivity contribution in [3.8, 4) is 0 Å². The fourth-order valence-corrected chi connectivity index (χ4v) is 2.30. The van der Waals surface area contributed by atoms with E-state index in [1.807, 2.05) is 0 Å². The number of nitrogens with one attached hydrogen (secondary N) is 2. The molecule has 1 rings (SSSR count). The van der Waals surface area contributed by atoms with E-state index >= 15 is 0 Å². The van der Waals surface area contributed by atoms with Crippen molar-refractivity contribution >= 4 is 5.96 Å². The Morgan fingerprint density at radius 1 is 1.42 bits per heavy atom. The molecule has 1 aliphatic rings. The van der Waals surface area contributed by atoms with Crippen LogP contribution in [0.15, 0.2) is 4.99 Å². The van der Waals surface area contributed by atoms with Crippen LogP contribution in [0.4, 0.5) is 0 Å². The number of likely N-dealkylation sites (tertiary alicyclic amines) is 1. The normalized spacial score (nSPS) is 18.6. The summed E-state index contributed by atoms with van der Waals surface area (Å²) in [5.41, 5.74) is 2.61. The van der Waals surface area contributed by atoms with Crippen molar-refractivity contribution < 1.29 is 4.74 Å². The number of hydrogen-bond donors (Lipinski definition) is 3. The predicted octanol–water partition coefficient (Wildman–Crippen LogP) is 0.164. The standard InChI is InChI=1S/C13H29N5O/c1-18-9-5-12(6-10-18)4-8-16-13(17-14)15-7-3-11-19-2/h12H,3-11,14H2,1-2H3,(H2,15,16,17). The van der Waals surface area contributed by atoms with Gasteiger partial charge in [0.1, 0.15) is 0 Å². The maximum Gasteiger partial charge on any atom is 0.205 e. The minimum atomic E-state index is 0.684. The van der Waals surface area contributed by atoms with Crippen LogP contribution in [0.3, 0.4) is 0 Å². The Hall–Kier alpha value is -0.850. The average molecular weight is 271 g/mol. The summed E-state index contributed by atoms with van der Waals surface area (Å²) < 4.78 is 4.98. The van der Waals surface area contributed by atoms with Crippen molar-refractivity contribution in [2.24, 2.45) is 16.8 Å².